The van der Waals surface area contributed by atoms with Gasteiger partial charge in [-0.25, -0.2) is 8.42 Å². The summed E-state index contributed by atoms with van der Waals surface area (Å²) in [7, 11) is -3.25. The largest absolute Gasteiger partial charge is 0.305 e. The lowest BCUT2D eigenvalue weighted by molar-refractivity contribution is 0.102. The van der Waals surface area contributed by atoms with Crippen molar-refractivity contribution < 1.29 is 13.2 Å². The second kappa shape index (κ2) is 5.46. The smallest absolute Gasteiger partial charge is 0.256 e. The number of rotatable bonds is 4. The Bertz CT molecular complexity index is 718. The van der Waals surface area contributed by atoms with Crippen LogP contribution in [0.2, 0.25) is 0 Å². The highest BCUT2D eigenvalue weighted by molar-refractivity contribution is 7.90. The molecule has 106 valence electrons. The number of aromatic nitrogens is 2. The Hall–Kier alpha value is -2.15. The van der Waals surface area contributed by atoms with E-state index in [-0.39, 0.29) is 10.8 Å². The van der Waals surface area contributed by atoms with Crippen molar-refractivity contribution in [3.8, 4) is 0 Å². The molecule has 1 aromatic carbocycles. The predicted molar refractivity (Wildman–Crippen MR) is 75.5 cm³/mol. The average Bonchev–Trinajstić information content (AvgIpc) is 2.85. The molecule has 6 nitrogen and oxygen atoms in total. The molecular formula is C13H15N3O3S. The summed E-state index contributed by atoms with van der Waals surface area (Å²) < 4.78 is 22.7. The van der Waals surface area contributed by atoms with Gasteiger partial charge in [-0.1, -0.05) is 6.92 Å². The molecule has 20 heavy (non-hydrogen) atoms. The Morgan fingerprint density at radius 2 is 1.95 bits per heavy atom. The van der Waals surface area contributed by atoms with Crippen LogP contribution in [0.1, 0.15) is 23.0 Å². The number of benzene rings is 1. The molecular weight excluding hydrogens is 278 g/mol. The van der Waals surface area contributed by atoms with Gasteiger partial charge in [0.25, 0.3) is 5.91 Å². The Morgan fingerprint density at radius 3 is 2.45 bits per heavy atom. The lowest BCUT2D eigenvalue weighted by atomic mass is 10.2. The molecule has 2 rings (SSSR count). The van der Waals surface area contributed by atoms with E-state index < -0.39 is 9.84 Å². The van der Waals surface area contributed by atoms with Crippen LogP contribution in [0.15, 0.2) is 35.2 Å². The van der Waals surface area contributed by atoms with Gasteiger partial charge >= 0.3 is 0 Å². The first-order valence-corrected chi connectivity index (χ1v) is 7.95. The molecule has 0 aliphatic heterocycles. The summed E-state index contributed by atoms with van der Waals surface area (Å²) in [6.45, 7) is 1.98. The van der Waals surface area contributed by atoms with E-state index >= 15 is 0 Å². The van der Waals surface area contributed by atoms with E-state index in [2.05, 4.69) is 15.5 Å². The van der Waals surface area contributed by atoms with Crippen molar-refractivity contribution >= 4 is 21.6 Å². The van der Waals surface area contributed by atoms with Crippen molar-refractivity contribution in [1.29, 1.82) is 0 Å². The van der Waals surface area contributed by atoms with Crippen LogP contribution in [-0.2, 0) is 16.3 Å². The molecule has 0 saturated heterocycles. The third-order valence-corrected chi connectivity index (χ3v) is 3.93. The number of carbonyl (C=O) groups is 1. The number of nitrogens with one attached hydrogen (secondary N) is 2. The minimum atomic E-state index is -3.25. The number of hydrogen-bond acceptors (Lipinski definition) is 4. The number of amides is 1. The average molecular weight is 293 g/mol. The first-order valence-electron chi connectivity index (χ1n) is 6.06. The maximum atomic E-state index is 12.0. The highest BCUT2D eigenvalue weighted by atomic mass is 32.2. The van der Waals surface area contributed by atoms with Crippen LogP contribution in [0.4, 0.5) is 5.82 Å². The fourth-order valence-corrected chi connectivity index (χ4v) is 2.28. The number of nitrogens with zero attached hydrogens (tertiary/aromatic N) is 1. The molecule has 0 fully saturated rings. The summed E-state index contributed by atoms with van der Waals surface area (Å²) >= 11 is 0. The zero-order chi connectivity index (χ0) is 14.8. The standard InChI is InChI=1S/C13H15N3O3S/c1-3-10-8-12(16-15-10)14-13(17)9-4-6-11(7-5-9)20(2,18)19/h4-8H,3H2,1-2H3,(H2,14,15,16,17). The third kappa shape index (κ3) is 3.24. The van der Waals surface area contributed by atoms with Crippen LogP contribution in [0.3, 0.4) is 0 Å². The second-order valence-electron chi connectivity index (χ2n) is 4.38. The van der Waals surface area contributed by atoms with Crippen LogP contribution in [0.5, 0.6) is 0 Å². The quantitative estimate of drug-likeness (QED) is 0.896. The molecule has 1 heterocycles. The van der Waals surface area contributed by atoms with Gasteiger partial charge in [0, 0.05) is 23.6 Å². The van der Waals surface area contributed by atoms with Crippen molar-refractivity contribution in [3.63, 3.8) is 0 Å². The van der Waals surface area contributed by atoms with E-state index in [4.69, 9.17) is 0 Å². The van der Waals surface area contributed by atoms with Crippen molar-refractivity contribution in [2.45, 2.75) is 18.2 Å². The minimum absolute atomic E-state index is 0.182. The molecule has 0 bridgehead atoms. The van der Waals surface area contributed by atoms with Gasteiger partial charge in [-0.05, 0) is 30.7 Å². The number of aromatic amines is 1. The van der Waals surface area contributed by atoms with Gasteiger partial charge in [-0.3, -0.25) is 9.89 Å². The van der Waals surface area contributed by atoms with Gasteiger partial charge in [0.15, 0.2) is 15.7 Å². The molecule has 0 aliphatic carbocycles. The molecule has 0 radical (unpaired) electrons. The highest BCUT2D eigenvalue weighted by Gasteiger charge is 2.11. The number of anilines is 1. The van der Waals surface area contributed by atoms with Crippen molar-refractivity contribution in [3.05, 3.63) is 41.6 Å². The molecule has 2 aromatic rings. The summed E-state index contributed by atoms with van der Waals surface area (Å²) in [6, 6.07) is 7.51. The van der Waals surface area contributed by atoms with Crippen molar-refractivity contribution in [2.75, 3.05) is 11.6 Å². The fourth-order valence-electron chi connectivity index (χ4n) is 1.65. The van der Waals surface area contributed by atoms with Crippen LogP contribution >= 0.6 is 0 Å². The first kappa shape index (κ1) is 14.3. The number of hydrogen-bond donors (Lipinski definition) is 2. The molecule has 0 atom stereocenters. The molecule has 2 N–H and O–H groups in total. The predicted octanol–water partition coefficient (Wildman–Crippen LogP) is 1.63. The molecule has 0 saturated carbocycles. The fraction of sp³-hybridized carbons (Fsp3) is 0.231. The maximum Gasteiger partial charge on any atom is 0.256 e. The van der Waals surface area contributed by atoms with Crippen LogP contribution in [0.25, 0.3) is 0 Å². The number of sulfone groups is 1. The molecule has 0 spiro atoms. The van der Waals surface area contributed by atoms with Gasteiger partial charge in [-0.2, -0.15) is 5.10 Å². The van der Waals surface area contributed by atoms with E-state index in [0.717, 1.165) is 18.4 Å². The second-order valence-corrected chi connectivity index (χ2v) is 6.40. The zero-order valence-electron chi connectivity index (χ0n) is 11.2. The van der Waals surface area contributed by atoms with Crippen molar-refractivity contribution in [1.82, 2.24) is 10.2 Å². The molecule has 0 unspecified atom stereocenters. The van der Waals surface area contributed by atoms with Gasteiger partial charge < -0.3 is 5.32 Å². The summed E-state index contributed by atoms with van der Waals surface area (Å²) in [6.07, 6.45) is 1.92. The summed E-state index contributed by atoms with van der Waals surface area (Å²) in [5.41, 5.74) is 1.30. The van der Waals surface area contributed by atoms with E-state index in [1.165, 1.54) is 24.3 Å². The number of carbonyl (C=O) groups excluding carboxylic acids is 1. The van der Waals surface area contributed by atoms with Crippen LogP contribution < -0.4 is 5.32 Å². The van der Waals surface area contributed by atoms with E-state index in [9.17, 15) is 13.2 Å². The highest BCUT2D eigenvalue weighted by Crippen LogP contribution is 2.12. The van der Waals surface area contributed by atoms with E-state index in [1.807, 2.05) is 6.92 Å². The number of aryl methyl sites for hydroxylation is 1. The Balaban J connectivity index is 2.13. The Labute approximate surface area is 117 Å². The maximum absolute atomic E-state index is 12.0. The Kier molecular flexibility index (Phi) is 3.89. The van der Waals surface area contributed by atoms with E-state index in [1.54, 1.807) is 6.07 Å². The summed E-state index contributed by atoms with van der Waals surface area (Å²) in [5, 5.41) is 9.39. The molecule has 1 aromatic heterocycles. The molecule has 1 amide bonds. The first-order chi connectivity index (χ1) is 9.40. The van der Waals surface area contributed by atoms with Crippen LogP contribution in [0, 0.1) is 0 Å². The number of H-pyrrole nitrogens is 1. The normalized spacial score (nSPS) is 11.3. The van der Waals surface area contributed by atoms with E-state index in [0.29, 0.717) is 11.4 Å². The summed E-state index contributed by atoms with van der Waals surface area (Å²) in [4.78, 5) is 12.1. The molecule has 0 aliphatic rings. The lowest BCUT2D eigenvalue weighted by Gasteiger charge is -2.03. The topological polar surface area (TPSA) is 91.9 Å². The van der Waals surface area contributed by atoms with Gasteiger partial charge in [0.05, 0.1) is 4.90 Å². The Morgan fingerprint density at radius 1 is 1.30 bits per heavy atom. The van der Waals surface area contributed by atoms with Crippen LogP contribution in [-0.4, -0.2) is 30.8 Å². The molecule has 7 heteroatoms. The lowest BCUT2D eigenvalue weighted by Crippen LogP contribution is -2.12. The third-order valence-electron chi connectivity index (χ3n) is 2.80. The summed E-state index contributed by atoms with van der Waals surface area (Å²) in [5.74, 6) is 0.109. The monoisotopic (exact) mass is 293 g/mol. The zero-order valence-corrected chi connectivity index (χ0v) is 12.0. The van der Waals surface area contributed by atoms with Gasteiger partial charge in [0.2, 0.25) is 0 Å². The SMILES string of the molecule is CCc1cc(NC(=O)c2ccc(S(C)(=O)=O)cc2)n[nH]1. The van der Waals surface area contributed by atoms with Crippen molar-refractivity contribution in [2.24, 2.45) is 0 Å². The minimum Gasteiger partial charge on any atom is -0.305 e. The van der Waals surface area contributed by atoms with Gasteiger partial charge in [0.1, 0.15) is 0 Å². The van der Waals surface area contributed by atoms with Gasteiger partial charge in [-0.15, -0.1) is 0 Å².